The number of aryl methyl sites for hydroxylation is 1. The molecule has 38 heavy (non-hydrogen) atoms. The highest BCUT2D eigenvalue weighted by molar-refractivity contribution is 7.80. The Morgan fingerprint density at radius 3 is 2.50 bits per heavy atom. The van der Waals surface area contributed by atoms with Gasteiger partial charge in [-0.05, 0) is 81.3 Å². The summed E-state index contributed by atoms with van der Waals surface area (Å²) in [6, 6.07) is 18.8. The predicted octanol–water partition coefficient (Wildman–Crippen LogP) is 5.71. The Morgan fingerprint density at radius 1 is 0.947 bits per heavy atom. The molecule has 1 heterocycles. The van der Waals surface area contributed by atoms with Crippen LogP contribution in [-0.2, 0) is 19.4 Å². The Morgan fingerprint density at radius 2 is 1.71 bits per heavy atom. The topological polar surface area (TPSA) is 74.3 Å². The van der Waals surface area contributed by atoms with Crippen molar-refractivity contribution in [3.8, 4) is 5.75 Å². The lowest BCUT2D eigenvalue weighted by Crippen LogP contribution is -2.42. The molecular formula is C30H38N6OS. The van der Waals surface area contributed by atoms with Crippen molar-refractivity contribution in [2.24, 2.45) is 0 Å². The first-order valence-electron chi connectivity index (χ1n) is 13.7. The zero-order valence-corrected chi connectivity index (χ0v) is 23.2. The number of rotatable bonds is 8. The number of anilines is 3. The fraction of sp³-hybridized carbons (Fsp3) is 0.433. The lowest BCUT2D eigenvalue weighted by molar-refractivity contribution is 0.306. The van der Waals surface area contributed by atoms with E-state index in [-0.39, 0.29) is 0 Å². The van der Waals surface area contributed by atoms with Gasteiger partial charge in [-0.1, -0.05) is 36.4 Å². The summed E-state index contributed by atoms with van der Waals surface area (Å²) >= 11 is 5.63. The van der Waals surface area contributed by atoms with Gasteiger partial charge in [-0.3, -0.25) is 0 Å². The van der Waals surface area contributed by atoms with Gasteiger partial charge in [0.25, 0.3) is 0 Å². The molecule has 0 aliphatic heterocycles. The Balaban J connectivity index is 1.09. The second-order valence-corrected chi connectivity index (χ2v) is 10.9. The Bertz CT molecular complexity index is 1230. The maximum Gasteiger partial charge on any atom is 0.225 e. The highest BCUT2D eigenvalue weighted by Gasteiger charge is 2.24. The zero-order valence-electron chi connectivity index (χ0n) is 22.4. The highest BCUT2D eigenvalue weighted by Crippen LogP contribution is 2.29. The summed E-state index contributed by atoms with van der Waals surface area (Å²) < 4.78 is 5.95. The van der Waals surface area contributed by atoms with Crippen molar-refractivity contribution >= 4 is 34.8 Å². The lowest BCUT2D eigenvalue weighted by Gasteiger charge is -2.31. The van der Waals surface area contributed by atoms with Crippen LogP contribution in [0.1, 0.15) is 55.3 Å². The van der Waals surface area contributed by atoms with Gasteiger partial charge in [-0.2, -0.15) is 4.98 Å². The van der Waals surface area contributed by atoms with Gasteiger partial charge in [0.15, 0.2) is 5.11 Å². The molecule has 3 N–H and O–H groups in total. The monoisotopic (exact) mass is 530 g/mol. The highest BCUT2D eigenvalue weighted by atomic mass is 32.1. The molecule has 0 amide bonds. The van der Waals surface area contributed by atoms with Crippen molar-refractivity contribution < 1.29 is 4.74 Å². The van der Waals surface area contributed by atoms with Crippen molar-refractivity contribution in [1.29, 1.82) is 0 Å². The van der Waals surface area contributed by atoms with Gasteiger partial charge in [0, 0.05) is 43.5 Å². The molecule has 1 aromatic heterocycles. The van der Waals surface area contributed by atoms with Crippen LogP contribution in [0, 0.1) is 0 Å². The van der Waals surface area contributed by atoms with Gasteiger partial charge < -0.3 is 25.6 Å². The number of aromatic nitrogens is 2. The van der Waals surface area contributed by atoms with Crippen molar-refractivity contribution in [3.05, 3.63) is 71.4 Å². The van der Waals surface area contributed by atoms with Gasteiger partial charge in [0.2, 0.25) is 5.95 Å². The molecule has 3 aromatic rings. The van der Waals surface area contributed by atoms with Crippen LogP contribution in [0.2, 0.25) is 0 Å². The third-order valence-electron chi connectivity index (χ3n) is 7.32. The summed E-state index contributed by atoms with van der Waals surface area (Å²) in [5.74, 6) is 2.66. The third-order valence-corrected chi connectivity index (χ3v) is 7.54. The maximum atomic E-state index is 5.95. The van der Waals surface area contributed by atoms with Crippen LogP contribution in [0.15, 0.2) is 54.6 Å². The van der Waals surface area contributed by atoms with E-state index in [0.717, 1.165) is 67.3 Å². The van der Waals surface area contributed by atoms with Crippen molar-refractivity contribution in [3.63, 3.8) is 0 Å². The zero-order chi connectivity index (χ0) is 26.3. The van der Waals surface area contributed by atoms with E-state index < -0.39 is 0 Å². The van der Waals surface area contributed by atoms with Crippen molar-refractivity contribution in [2.75, 3.05) is 29.6 Å². The van der Waals surface area contributed by atoms with E-state index in [9.17, 15) is 0 Å². The van der Waals surface area contributed by atoms with Crippen LogP contribution in [0.3, 0.4) is 0 Å². The molecule has 1 fully saturated rings. The van der Waals surface area contributed by atoms with Gasteiger partial charge >= 0.3 is 0 Å². The minimum atomic E-state index is 0.354. The van der Waals surface area contributed by atoms with Crippen LogP contribution in [0.4, 0.5) is 17.5 Å². The fourth-order valence-corrected chi connectivity index (χ4v) is 5.62. The Kier molecular flexibility index (Phi) is 8.58. The first-order valence-corrected chi connectivity index (χ1v) is 14.1. The first kappa shape index (κ1) is 26.2. The minimum Gasteiger partial charge on any atom is -0.489 e. The molecule has 0 unspecified atom stereocenters. The smallest absolute Gasteiger partial charge is 0.225 e. The van der Waals surface area contributed by atoms with E-state index in [4.69, 9.17) is 26.9 Å². The normalized spacial score (nSPS) is 18.7. The van der Waals surface area contributed by atoms with E-state index in [1.807, 2.05) is 42.5 Å². The molecule has 0 saturated heterocycles. The number of hydrogen-bond donors (Lipinski definition) is 3. The van der Waals surface area contributed by atoms with Crippen molar-refractivity contribution in [1.82, 2.24) is 15.3 Å². The molecule has 200 valence electrons. The van der Waals surface area contributed by atoms with Gasteiger partial charge in [-0.25, -0.2) is 4.98 Å². The molecule has 1 saturated carbocycles. The number of hydrogen-bond acceptors (Lipinski definition) is 6. The minimum absolute atomic E-state index is 0.354. The molecule has 7 nitrogen and oxygen atoms in total. The Labute approximate surface area is 231 Å². The number of nitrogens with zero attached hydrogens (tertiary/aromatic N) is 3. The molecule has 0 atom stereocenters. The number of thiocarbonyl (C=S) groups is 1. The van der Waals surface area contributed by atoms with E-state index in [1.54, 1.807) is 0 Å². The van der Waals surface area contributed by atoms with Crippen LogP contribution in [0.25, 0.3) is 0 Å². The van der Waals surface area contributed by atoms with E-state index in [2.05, 4.69) is 47.1 Å². The van der Waals surface area contributed by atoms with E-state index in [1.165, 1.54) is 24.1 Å². The van der Waals surface area contributed by atoms with Gasteiger partial charge in [0.1, 0.15) is 18.2 Å². The lowest BCUT2D eigenvalue weighted by atomic mass is 9.91. The average molecular weight is 531 g/mol. The number of nitrogens with one attached hydrogen (secondary N) is 3. The molecule has 2 aromatic carbocycles. The molecule has 0 radical (unpaired) electrons. The standard InChI is InChI=1S/C30H38N6OS/c1-36(2)28-26-13-6-7-14-27(26)34-29(35-28)31-22-15-17-23(18-16-22)32-30(38)33-24-11-8-12-25(19-24)37-20-21-9-4-3-5-10-21/h3-5,8-12,19,22-23H,6-7,13-18,20H2,1-2H3,(H,31,34,35)(H2,32,33,38). The summed E-state index contributed by atoms with van der Waals surface area (Å²) in [7, 11) is 4.14. The largest absolute Gasteiger partial charge is 0.489 e. The number of benzene rings is 2. The second kappa shape index (κ2) is 12.4. The quantitative estimate of drug-likeness (QED) is 0.320. The summed E-state index contributed by atoms with van der Waals surface area (Å²) in [4.78, 5) is 11.9. The summed E-state index contributed by atoms with van der Waals surface area (Å²) in [6.07, 6.45) is 8.78. The van der Waals surface area contributed by atoms with Crippen LogP contribution >= 0.6 is 12.2 Å². The predicted molar refractivity (Wildman–Crippen MR) is 159 cm³/mol. The first-order chi connectivity index (χ1) is 18.5. The summed E-state index contributed by atoms with van der Waals surface area (Å²) in [6.45, 7) is 0.539. The molecule has 0 bridgehead atoms. The Hall–Kier alpha value is -3.39. The molecule has 2 aliphatic carbocycles. The third kappa shape index (κ3) is 6.92. The maximum absolute atomic E-state index is 5.95. The molecule has 0 spiro atoms. The average Bonchev–Trinajstić information content (AvgIpc) is 2.93. The van der Waals surface area contributed by atoms with Crippen LogP contribution in [-0.4, -0.2) is 41.3 Å². The molecule has 5 rings (SSSR count). The summed E-state index contributed by atoms with van der Waals surface area (Å²) in [5, 5.41) is 11.1. The molecular weight excluding hydrogens is 492 g/mol. The van der Waals surface area contributed by atoms with Gasteiger partial charge in [-0.15, -0.1) is 0 Å². The fourth-order valence-electron chi connectivity index (χ4n) is 5.33. The summed E-state index contributed by atoms with van der Waals surface area (Å²) in [5.41, 5.74) is 4.61. The van der Waals surface area contributed by atoms with Crippen LogP contribution in [0.5, 0.6) is 5.75 Å². The van der Waals surface area contributed by atoms with Gasteiger partial charge in [0.05, 0.1) is 5.69 Å². The van der Waals surface area contributed by atoms with Crippen molar-refractivity contribution in [2.45, 2.75) is 70.1 Å². The van der Waals surface area contributed by atoms with E-state index >= 15 is 0 Å². The number of ether oxygens (including phenoxy) is 1. The molecule has 2 aliphatic rings. The molecule has 8 heteroatoms. The van der Waals surface area contributed by atoms with E-state index in [0.29, 0.717) is 23.8 Å². The number of fused-ring (bicyclic) bond motifs is 1. The SMILES string of the molecule is CN(C)c1nc(NC2CCC(NC(=S)Nc3cccc(OCc4ccccc4)c3)CC2)nc2c1CCCC2. The second-order valence-electron chi connectivity index (χ2n) is 10.5. The van der Waals surface area contributed by atoms with Crippen LogP contribution < -0.4 is 25.6 Å².